The lowest BCUT2D eigenvalue weighted by Gasteiger charge is -2.38. The SMILES string of the molecule is COc1ccc(C2CC(=O)N(c3ccc([N+](=O)[O-])cc3)C3=C2C(=O)CCC3)c(OC)c1. The number of hydrogen-bond acceptors (Lipinski definition) is 6. The number of nitro benzene ring substituents is 1. The van der Waals surface area contributed by atoms with Crippen LogP contribution in [0.4, 0.5) is 11.4 Å². The quantitative estimate of drug-likeness (QED) is 0.530. The first-order valence-electron chi connectivity index (χ1n) is 10.00. The number of Topliss-reactive ketones (excluding diaryl/α,β-unsaturated/α-hetero) is 1. The molecule has 31 heavy (non-hydrogen) atoms. The summed E-state index contributed by atoms with van der Waals surface area (Å²) in [6.07, 6.45) is 1.76. The standard InChI is InChI=1S/C23H22N2O6/c1-30-16-10-11-17(21(12-16)31-2)18-13-22(27)24(19-4-3-5-20(26)23(18)19)14-6-8-15(9-7-14)25(28)29/h6-12,18H,3-5,13H2,1-2H3. The Hall–Kier alpha value is -3.68. The van der Waals surface area contributed by atoms with Crippen molar-refractivity contribution in [2.45, 2.75) is 31.6 Å². The van der Waals surface area contributed by atoms with E-state index in [1.54, 1.807) is 43.4 Å². The molecule has 4 rings (SSSR count). The van der Waals surface area contributed by atoms with Crippen LogP contribution < -0.4 is 14.4 Å². The van der Waals surface area contributed by atoms with Gasteiger partial charge in [0.05, 0.1) is 19.1 Å². The molecule has 0 saturated carbocycles. The summed E-state index contributed by atoms with van der Waals surface area (Å²) in [4.78, 5) is 38.3. The van der Waals surface area contributed by atoms with Crippen LogP contribution in [0.25, 0.3) is 0 Å². The molecule has 1 atom stereocenters. The van der Waals surface area contributed by atoms with Crippen LogP contribution >= 0.6 is 0 Å². The number of rotatable bonds is 5. The van der Waals surface area contributed by atoms with Gasteiger partial charge >= 0.3 is 0 Å². The predicted octanol–water partition coefficient (Wildman–Crippen LogP) is 4.14. The molecule has 8 heteroatoms. The first-order valence-corrected chi connectivity index (χ1v) is 10.00. The van der Waals surface area contributed by atoms with Crippen LogP contribution in [0.2, 0.25) is 0 Å². The molecule has 0 bridgehead atoms. The molecule has 2 aromatic carbocycles. The third-order valence-corrected chi connectivity index (χ3v) is 5.81. The Kier molecular flexibility index (Phi) is 5.46. The first kappa shape index (κ1) is 20.6. The maximum Gasteiger partial charge on any atom is 0.269 e. The van der Waals surface area contributed by atoms with E-state index in [0.717, 1.165) is 5.56 Å². The number of non-ortho nitro benzene ring substituents is 1. The fraction of sp³-hybridized carbons (Fsp3) is 0.304. The molecule has 8 nitrogen and oxygen atoms in total. The van der Waals surface area contributed by atoms with E-state index in [4.69, 9.17) is 9.47 Å². The smallest absolute Gasteiger partial charge is 0.269 e. The van der Waals surface area contributed by atoms with Crippen molar-refractivity contribution >= 4 is 23.1 Å². The molecule has 0 saturated heterocycles. The summed E-state index contributed by atoms with van der Waals surface area (Å²) in [6, 6.07) is 11.2. The van der Waals surface area contributed by atoms with Crippen LogP contribution in [-0.2, 0) is 9.59 Å². The third-order valence-electron chi connectivity index (χ3n) is 5.81. The van der Waals surface area contributed by atoms with Crippen molar-refractivity contribution in [3.8, 4) is 11.5 Å². The lowest BCUT2D eigenvalue weighted by atomic mass is 9.77. The van der Waals surface area contributed by atoms with E-state index in [1.807, 2.05) is 6.07 Å². The molecule has 1 amide bonds. The highest BCUT2D eigenvalue weighted by Crippen LogP contribution is 2.46. The van der Waals surface area contributed by atoms with Gasteiger partial charge in [0, 0.05) is 59.5 Å². The first-order chi connectivity index (χ1) is 14.9. The summed E-state index contributed by atoms with van der Waals surface area (Å²) in [5.41, 5.74) is 2.53. The number of amides is 1. The molecular formula is C23H22N2O6. The Labute approximate surface area is 179 Å². The van der Waals surface area contributed by atoms with Crippen LogP contribution in [0.15, 0.2) is 53.7 Å². The van der Waals surface area contributed by atoms with Crippen molar-refractivity contribution < 1.29 is 24.0 Å². The number of nitrogens with zero attached hydrogens (tertiary/aromatic N) is 2. The van der Waals surface area contributed by atoms with Gasteiger partial charge < -0.3 is 9.47 Å². The zero-order valence-electron chi connectivity index (χ0n) is 17.3. The number of methoxy groups -OCH3 is 2. The van der Waals surface area contributed by atoms with E-state index in [0.29, 0.717) is 47.7 Å². The van der Waals surface area contributed by atoms with Gasteiger partial charge in [0.25, 0.3) is 5.69 Å². The molecule has 1 aliphatic carbocycles. The fourth-order valence-corrected chi connectivity index (χ4v) is 4.39. The fourth-order valence-electron chi connectivity index (χ4n) is 4.39. The van der Waals surface area contributed by atoms with E-state index < -0.39 is 10.8 Å². The summed E-state index contributed by atoms with van der Waals surface area (Å²) in [5.74, 6) is 0.629. The molecule has 1 heterocycles. The number of ketones is 1. The highest BCUT2D eigenvalue weighted by atomic mass is 16.6. The van der Waals surface area contributed by atoms with Gasteiger partial charge in [-0.1, -0.05) is 6.07 Å². The molecule has 0 N–H and O–H groups in total. The zero-order chi connectivity index (χ0) is 22.1. The second-order valence-corrected chi connectivity index (χ2v) is 7.50. The predicted molar refractivity (Wildman–Crippen MR) is 113 cm³/mol. The number of benzene rings is 2. The van der Waals surface area contributed by atoms with Gasteiger partial charge in [-0.15, -0.1) is 0 Å². The average Bonchev–Trinajstić information content (AvgIpc) is 2.78. The highest BCUT2D eigenvalue weighted by Gasteiger charge is 2.40. The van der Waals surface area contributed by atoms with Crippen LogP contribution in [0, 0.1) is 10.1 Å². The molecule has 160 valence electrons. The number of hydrogen-bond donors (Lipinski definition) is 0. The number of carbonyl (C=O) groups excluding carboxylic acids is 2. The molecule has 1 unspecified atom stereocenters. The minimum atomic E-state index is -0.484. The monoisotopic (exact) mass is 422 g/mol. The third kappa shape index (κ3) is 3.65. The molecule has 2 aromatic rings. The van der Waals surface area contributed by atoms with Crippen LogP contribution in [0.5, 0.6) is 11.5 Å². The lowest BCUT2D eigenvalue weighted by molar-refractivity contribution is -0.384. The number of allylic oxidation sites excluding steroid dienone is 2. The van der Waals surface area contributed by atoms with E-state index in [9.17, 15) is 19.7 Å². The Balaban J connectivity index is 1.83. The normalized spacial score (nSPS) is 18.6. The van der Waals surface area contributed by atoms with Crippen LogP contribution in [0.1, 0.15) is 37.2 Å². The maximum absolute atomic E-state index is 13.3. The molecule has 0 spiro atoms. The van der Waals surface area contributed by atoms with Gasteiger partial charge in [-0.05, 0) is 31.0 Å². The van der Waals surface area contributed by atoms with Gasteiger partial charge in [-0.3, -0.25) is 24.6 Å². The van der Waals surface area contributed by atoms with Gasteiger partial charge in [0.15, 0.2) is 5.78 Å². The zero-order valence-corrected chi connectivity index (χ0v) is 17.3. The van der Waals surface area contributed by atoms with Crippen LogP contribution in [-0.4, -0.2) is 30.8 Å². The molecule has 2 aliphatic rings. The molecule has 0 fully saturated rings. The van der Waals surface area contributed by atoms with Gasteiger partial charge in [0.2, 0.25) is 5.91 Å². The topological polar surface area (TPSA) is 99.0 Å². The number of ether oxygens (including phenoxy) is 2. The second kappa shape index (κ2) is 8.22. The van der Waals surface area contributed by atoms with Crippen LogP contribution in [0.3, 0.4) is 0 Å². The van der Waals surface area contributed by atoms with Gasteiger partial charge in [0.1, 0.15) is 11.5 Å². The Morgan fingerprint density at radius 2 is 1.77 bits per heavy atom. The minimum Gasteiger partial charge on any atom is -0.497 e. The molecule has 0 aromatic heterocycles. The molecule has 0 radical (unpaired) electrons. The summed E-state index contributed by atoms with van der Waals surface area (Å²) in [5, 5.41) is 11.0. The van der Waals surface area contributed by atoms with E-state index in [2.05, 4.69) is 0 Å². The number of carbonyl (C=O) groups is 2. The summed E-state index contributed by atoms with van der Waals surface area (Å²) >= 11 is 0. The minimum absolute atomic E-state index is 0.0172. The Morgan fingerprint density at radius 3 is 2.42 bits per heavy atom. The van der Waals surface area contributed by atoms with E-state index in [-0.39, 0.29) is 23.8 Å². The largest absolute Gasteiger partial charge is 0.497 e. The summed E-state index contributed by atoms with van der Waals surface area (Å²) in [7, 11) is 3.11. The van der Waals surface area contributed by atoms with Crippen molar-refractivity contribution in [1.82, 2.24) is 0 Å². The van der Waals surface area contributed by atoms with E-state index in [1.165, 1.54) is 12.1 Å². The molecule has 1 aliphatic heterocycles. The van der Waals surface area contributed by atoms with Gasteiger partial charge in [-0.25, -0.2) is 0 Å². The number of anilines is 1. The number of nitro groups is 1. The maximum atomic E-state index is 13.3. The highest BCUT2D eigenvalue weighted by molar-refractivity contribution is 6.07. The lowest BCUT2D eigenvalue weighted by Crippen LogP contribution is -2.40. The van der Waals surface area contributed by atoms with E-state index >= 15 is 0 Å². The Morgan fingerprint density at radius 1 is 1.03 bits per heavy atom. The van der Waals surface area contributed by atoms with Crippen molar-refractivity contribution in [1.29, 1.82) is 0 Å². The summed E-state index contributed by atoms with van der Waals surface area (Å²) < 4.78 is 10.8. The average molecular weight is 422 g/mol. The van der Waals surface area contributed by atoms with Crippen molar-refractivity contribution in [2.75, 3.05) is 19.1 Å². The second-order valence-electron chi connectivity index (χ2n) is 7.50. The van der Waals surface area contributed by atoms with Crippen molar-refractivity contribution in [2.24, 2.45) is 0 Å². The Bertz CT molecular complexity index is 1090. The van der Waals surface area contributed by atoms with Gasteiger partial charge in [-0.2, -0.15) is 0 Å². The molecular weight excluding hydrogens is 400 g/mol. The van der Waals surface area contributed by atoms with Crippen molar-refractivity contribution in [3.63, 3.8) is 0 Å². The van der Waals surface area contributed by atoms with Crippen molar-refractivity contribution in [3.05, 3.63) is 69.4 Å². The summed E-state index contributed by atoms with van der Waals surface area (Å²) in [6.45, 7) is 0.